The summed E-state index contributed by atoms with van der Waals surface area (Å²) in [5.41, 5.74) is -2.67. The Morgan fingerprint density at radius 2 is 1.63 bits per heavy atom. The Morgan fingerprint density at radius 3 is 2.18 bits per heavy atom. The minimum Gasteiger partial charge on any atom is -0.744 e. The molecule has 0 aliphatic rings. The summed E-state index contributed by atoms with van der Waals surface area (Å²) in [6.07, 6.45) is -0.666. The van der Waals surface area contributed by atoms with Crippen LogP contribution in [0.5, 0.6) is 11.6 Å². The van der Waals surface area contributed by atoms with Crippen LogP contribution in [0.2, 0.25) is 0 Å². The Balaban J connectivity index is 0.00000400. The number of rotatable bonds is 14. The van der Waals surface area contributed by atoms with Crippen molar-refractivity contribution in [1.29, 1.82) is 0 Å². The summed E-state index contributed by atoms with van der Waals surface area (Å²) < 4.78 is 53.5. The number of carboxylic acids is 1. The van der Waals surface area contributed by atoms with E-state index in [1.165, 1.54) is 31.2 Å². The topological polar surface area (TPSA) is 297 Å². The molecule has 0 spiro atoms. The van der Waals surface area contributed by atoms with Crippen LogP contribution in [0.4, 0.5) is 11.7 Å². The van der Waals surface area contributed by atoms with E-state index in [1.54, 1.807) is 0 Å². The van der Waals surface area contributed by atoms with Crippen LogP contribution in [0.3, 0.4) is 0 Å². The van der Waals surface area contributed by atoms with Crippen LogP contribution in [0.15, 0.2) is 70.5 Å². The first-order valence-electron chi connectivity index (χ1n) is 11.9. The molecule has 244 valence electrons. The average molecular weight is 769 g/mol. The molecule has 49 heavy (non-hydrogen) atoms. The number of azo groups is 1. The number of aromatic hydroxyl groups is 1. The standard InChI is InChI=1S/C23H18N4O16S3.3Na/c1-10-18(22(32)38-11-6-12(44-42-40-33)8-13(7-11)45-43-41-34)20(30)27(5-4-17(28)29)21(31)19(10)25-26-23-24-15-3-2-14(46(35,36)37)9-16(15)39-23;;;/h2-3,6-9,30,33-34H,4-5H2,1H3,(H,28,29)(H,35,36,37);;;/q;3*+1/p-3. The summed E-state index contributed by atoms with van der Waals surface area (Å²) in [4.78, 5) is 41.3. The molecule has 0 aliphatic carbocycles. The summed E-state index contributed by atoms with van der Waals surface area (Å²) in [5.74, 6) is -3.88. The molecule has 0 amide bonds. The molecule has 2 N–H and O–H groups in total. The van der Waals surface area contributed by atoms with E-state index >= 15 is 0 Å². The van der Waals surface area contributed by atoms with Crippen LogP contribution < -0.4 is 109 Å². The van der Waals surface area contributed by atoms with Crippen molar-refractivity contribution in [3.8, 4) is 11.6 Å². The number of oxazole rings is 1. The van der Waals surface area contributed by atoms with Gasteiger partial charge in [-0.15, -0.1) is 5.11 Å². The van der Waals surface area contributed by atoms with Gasteiger partial charge >= 0.3 is 107 Å². The van der Waals surface area contributed by atoms with E-state index in [-0.39, 0.29) is 121 Å². The van der Waals surface area contributed by atoms with E-state index in [1.807, 2.05) is 0 Å². The fourth-order valence-corrected chi connectivity index (χ4v) is 5.18. The minimum atomic E-state index is -4.82. The number of nitrogens with zero attached hydrogens (tertiary/aromatic N) is 4. The molecule has 0 bridgehead atoms. The smallest absolute Gasteiger partial charge is 0.744 e. The molecule has 0 saturated heterocycles. The number of benzene rings is 2. The number of fused-ring (bicyclic) bond motifs is 1. The quantitative estimate of drug-likeness (QED) is 0.0176. The normalized spacial score (nSPS) is 11.1. The van der Waals surface area contributed by atoms with Gasteiger partial charge in [0.1, 0.15) is 26.9 Å². The first-order chi connectivity index (χ1) is 21.8. The van der Waals surface area contributed by atoms with Gasteiger partial charge in [-0.3, -0.25) is 24.2 Å². The summed E-state index contributed by atoms with van der Waals surface area (Å²) >= 11 is 0.767. The molecule has 2 aromatic carbocycles. The molecule has 2 aromatic heterocycles. The number of hydrogen-bond acceptors (Lipinski definition) is 20. The summed E-state index contributed by atoms with van der Waals surface area (Å²) in [7, 11) is -4.82. The number of carbonyl (C=O) groups excluding carboxylic acids is 1. The molecule has 26 heteroatoms. The van der Waals surface area contributed by atoms with Gasteiger partial charge in [-0.25, -0.2) is 13.2 Å². The second-order valence-corrected chi connectivity index (χ2v) is 11.4. The molecule has 0 saturated carbocycles. The van der Waals surface area contributed by atoms with E-state index in [0.717, 1.165) is 12.1 Å². The van der Waals surface area contributed by atoms with Gasteiger partial charge in [-0.05, 0) is 37.3 Å². The third-order valence-corrected chi connectivity index (χ3v) is 7.60. The zero-order chi connectivity index (χ0) is 33.6. The van der Waals surface area contributed by atoms with Gasteiger partial charge in [-0.2, -0.15) is 13.7 Å². The summed E-state index contributed by atoms with van der Waals surface area (Å²) in [6.45, 7) is 0.571. The molecule has 0 fully saturated rings. The molecule has 4 aromatic rings. The van der Waals surface area contributed by atoms with E-state index < -0.39 is 68.6 Å². The largest absolute Gasteiger partial charge is 1.00 e. The monoisotopic (exact) mass is 768 g/mol. The number of esters is 1. The third-order valence-electron chi connectivity index (χ3n) is 5.66. The number of aromatic nitrogens is 2. The SMILES string of the molecule is Cc1c(C(=O)Oc2cc(SOO[O-])cc(SOO[O-])c2)c(O)n(CCC(=O)O)c(=O)c1N=Nc1nc2ccc(S(=O)(=O)[O-])cc2o1.[Na+].[Na+].[Na+]. The Kier molecular flexibility index (Phi) is 19.1. The fraction of sp³-hybridized carbons (Fsp3) is 0.130. The van der Waals surface area contributed by atoms with Gasteiger partial charge in [0, 0.05) is 28.0 Å². The Bertz CT molecular complexity index is 1980. The van der Waals surface area contributed by atoms with Gasteiger partial charge in [0.15, 0.2) is 11.3 Å². The second-order valence-electron chi connectivity index (χ2n) is 8.52. The van der Waals surface area contributed by atoms with Crippen molar-refractivity contribution in [2.45, 2.75) is 34.6 Å². The zero-order valence-electron chi connectivity index (χ0n) is 25.5. The van der Waals surface area contributed by atoms with Crippen molar-refractivity contribution in [2.24, 2.45) is 10.2 Å². The zero-order valence-corrected chi connectivity index (χ0v) is 34.0. The molecule has 4 rings (SSSR count). The molecule has 0 aliphatic heterocycles. The molecule has 0 atom stereocenters. The predicted octanol–water partition coefficient (Wildman–Crippen LogP) is -7.51. The van der Waals surface area contributed by atoms with Crippen LogP contribution in [-0.4, -0.2) is 44.7 Å². The van der Waals surface area contributed by atoms with E-state index in [2.05, 4.69) is 34.0 Å². The maximum absolute atomic E-state index is 13.3. The second kappa shape index (κ2) is 20.6. The number of hydrogen-bond donors (Lipinski definition) is 2. The number of aliphatic carboxylic acids is 1. The Morgan fingerprint density at radius 1 is 1.02 bits per heavy atom. The van der Waals surface area contributed by atoms with Gasteiger partial charge in [0.2, 0.25) is 5.88 Å². The van der Waals surface area contributed by atoms with Gasteiger partial charge in [0.25, 0.3) is 5.56 Å². The first-order valence-corrected chi connectivity index (χ1v) is 14.8. The number of ether oxygens (including phenoxy) is 1. The summed E-state index contributed by atoms with van der Waals surface area (Å²) in [6, 6.07) is 6.21. The van der Waals surface area contributed by atoms with Crippen LogP contribution in [-0.2, 0) is 40.2 Å². The first kappa shape index (κ1) is 45.6. The van der Waals surface area contributed by atoms with Crippen LogP contribution in [0, 0.1) is 6.92 Å². The third kappa shape index (κ3) is 12.1. The van der Waals surface area contributed by atoms with E-state index in [0.29, 0.717) is 28.7 Å². The molecule has 0 unspecified atom stereocenters. The molecule has 2 heterocycles. The van der Waals surface area contributed by atoms with Crippen molar-refractivity contribution in [2.75, 3.05) is 0 Å². The number of pyridine rings is 1. The molecule has 20 nitrogen and oxygen atoms in total. The van der Waals surface area contributed by atoms with Gasteiger partial charge in [-0.1, -0.05) is 5.11 Å². The van der Waals surface area contributed by atoms with Gasteiger partial charge < -0.3 is 34.4 Å². The Labute approximate surface area is 348 Å². The number of carboxylic acid groups (broad SMARTS) is 1. The van der Waals surface area contributed by atoms with E-state index in [4.69, 9.17) is 14.3 Å². The summed E-state index contributed by atoms with van der Waals surface area (Å²) in [5, 5.41) is 54.5. The van der Waals surface area contributed by atoms with Crippen molar-refractivity contribution in [1.82, 2.24) is 9.55 Å². The van der Waals surface area contributed by atoms with Crippen LogP contribution in [0.25, 0.3) is 11.1 Å². The van der Waals surface area contributed by atoms with Crippen molar-refractivity contribution in [3.63, 3.8) is 0 Å². The molecular formula is C23H15N4Na3O16S3. The molecular weight excluding hydrogens is 753 g/mol. The predicted molar refractivity (Wildman–Crippen MR) is 143 cm³/mol. The van der Waals surface area contributed by atoms with Crippen molar-refractivity contribution < 1.29 is 160 Å². The number of carbonyl (C=O) groups is 2. The maximum atomic E-state index is 13.3. The maximum Gasteiger partial charge on any atom is 1.00 e. The van der Waals surface area contributed by atoms with Crippen LogP contribution in [0.1, 0.15) is 22.3 Å². The minimum absolute atomic E-state index is 0. The fourth-order valence-electron chi connectivity index (χ4n) is 3.73. The molecule has 0 radical (unpaired) electrons. The van der Waals surface area contributed by atoms with Gasteiger partial charge in [0.05, 0.1) is 35.4 Å². The van der Waals surface area contributed by atoms with Crippen molar-refractivity contribution >= 4 is 68.9 Å². The van der Waals surface area contributed by atoms with E-state index in [9.17, 15) is 43.0 Å². The van der Waals surface area contributed by atoms with Crippen LogP contribution >= 0.6 is 24.1 Å². The van der Waals surface area contributed by atoms with Crippen molar-refractivity contribution in [3.05, 3.63) is 57.9 Å². The average Bonchev–Trinajstić information content (AvgIpc) is 3.40. The Hall–Kier alpha value is -1.43.